The fourth-order valence-electron chi connectivity index (χ4n) is 2.56. The van der Waals surface area contributed by atoms with Gasteiger partial charge in [-0.1, -0.05) is 12.1 Å². The van der Waals surface area contributed by atoms with Crippen molar-refractivity contribution in [2.24, 2.45) is 0 Å². The van der Waals surface area contributed by atoms with Crippen molar-refractivity contribution in [3.63, 3.8) is 0 Å². The Morgan fingerprint density at radius 2 is 1.62 bits per heavy atom. The summed E-state index contributed by atoms with van der Waals surface area (Å²) in [7, 11) is 0. The van der Waals surface area contributed by atoms with Gasteiger partial charge >= 0.3 is 0 Å². The molecule has 1 heterocycles. The van der Waals surface area contributed by atoms with Gasteiger partial charge in [-0.2, -0.15) is 5.10 Å². The molecule has 0 fully saturated rings. The fourth-order valence-corrected chi connectivity index (χ4v) is 2.56. The largest absolute Gasteiger partial charge is 0.507 e. The number of amides is 2. The SMILES string of the molecule is Cc1cc(C)n(-c2ccc(C(=O)NNC(=O)c3ccccc3O)cc2)n1. The topological polar surface area (TPSA) is 96.2 Å². The van der Waals surface area contributed by atoms with Gasteiger partial charge in [0.25, 0.3) is 11.8 Å². The summed E-state index contributed by atoms with van der Waals surface area (Å²) >= 11 is 0. The summed E-state index contributed by atoms with van der Waals surface area (Å²) in [5.41, 5.74) is 7.81. The molecule has 7 nitrogen and oxygen atoms in total. The molecule has 0 saturated carbocycles. The predicted molar refractivity (Wildman–Crippen MR) is 96.1 cm³/mol. The highest BCUT2D eigenvalue weighted by molar-refractivity contribution is 6.00. The average Bonchev–Trinajstić information content (AvgIpc) is 2.98. The smallest absolute Gasteiger partial charge is 0.273 e. The quantitative estimate of drug-likeness (QED) is 0.631. The zero-order valence-corrected chi connectivity index (χ0v) is 14.4. The van der Waals surface area contributed by atoms with Crippen LogP contribution in [0.25, 0.3) is 5.69 Å². The summed E-state index contributed by atoms with van der Waals surface area (Å²) in [5.74, 6) is -1.22. The van der Waals surface area contributed by atoms with Crippen LogP contribution in [0.5, 0.6) is 5.75 Å². The van der Waals surface area contributed by atoms with Gasteiger partial charge in [-0.05, 0) is 56.3 Å². The van der Waals surface area contributed by atoms with Crippen LogP contribution in [0.15, 0.2) is 54.6 Å². The first kappa shape index (κ1) is 17.2. The molecule has 0 aliphatic carbocycles. The molecule has 26 heavy (non-hydrogen) atoms. The Labute approximate surface area is 150 Å². The van der Waals surface area contributed by atoms with Gasteiger partial charge in [0, 0.05) is 11.3 Å². The molecule has 132 valence electrons. The van der Waals surface area contributed by atoms with Crippen molar-refractivity contribution in [1.82, 2.24) is 20.6 Å². The lowest BCUT2D eigenvalue weighted by atomic mass is 10.2. The van der Waals surface area contributed by atoms with Crippen LogP contribution >= 0.6 is 0 Å². The van der Waals surface area contributed by atoms with Gasteiger partial charge in [0.15, 0.2) is 0 Å². The van der Waals surface area contributed by atoms with Crippen molar-refractivity contribution in [3.8, 4) is 11.4 Å². The number of aromatic hydroxyl groups is 1. The number of aryl methyl sites for hydroxylation is 2. The van der Waals surface area contributed by atoms with E-state index in [0.29, 0.717) is 5.56 Å². The van der Waals surface area contributed by atoms with Crippen LogP contribution in [-0.4, -0.2) is 26.7 Å². The van der Waals surface area contributed by atoms with E-state index in [1.807, 2.05) is 19.9 Å². The van der Waals surface area contributed by atoms with Crippen molar-refractivity contribution in [2.75, 3.05) is 0 Å². The van der Waals surface area contributed by atoms with E-state index in [1.54, 1.807) is 41.1 Å². The first-order chi connectivity index (χ1) is 12.5. The molecule has 0 spiro atoms. The first-order valence-corrected chi connectivity index (χ1v) is 7.98. The third-order valence-corrected chi connectivity index (χ3v) is 3.82. The second kappa shape index (κ2) is 7.10. The summed E-state index contributed by atoms with van der Waals surface area (Å²) in [6, 6.07) is 14.9. The van der Waals surface area contributed by atoms with Crippen LogP contribution < -0.4 is 10.9 Å². The monoisotopic (exact) mass is 350 g/mol. The molecule has 2 amide bonds. The molecule has 0 atom stereocenters. The molecule has 7 heteroatoms. The van der Waals surface area contributed by atoms with E-state index in [9.17, 15) is 14.7 Å². The van der Waals surface area contributed by atoms with Crippen molar-refractivity contribution < 1.29 is 14.7 Å². The van der Waals surface area contributed by atoms with E-state index in [4.69, 9.17) is 0 Å². The third kappa shape index (κ3) is 3.56. The number of aromatic nitrogens is 2. The average molecular weight is 350 g/mol. The fraction of sp³-hybridized carbons (Fsp3) is 0.105. The van der Waals surface area contributed by atoms with Gasteiger partial charge in [0.05, 0.1) is 16.9 Å². The number of carbonyl (C=O) groups excluding carboxylic acids is 2. The van der Waals surface area contributed by atoms with E-state index in [2.05, 4.69) is 16.0 Å². The molecular weight excluding hydrogens is 332 g/mol. The van der Waals surface area contributed by atoms with Crippen molar-refractivity contribution in [2.45, 2.75) is 13.8 Å². The molecule has 0 bridgehead atoms. The molecule has 0 unspecified atom stereocenters. The van der Waals surface area contributed by atoms with Crippen molar-refractivity contribution >= 4 is 11.8 Å². The Kier molecular flexibility index (Phi) is 4.70. The van der Waals surface area contributed by atoms with E-state index in [-0.39, 0.29) is 11.3 Å². The summed E-state index contributed by atoms with van der Waals surface area (Å²) in [6.07, 6.45) is 0. The normalized spacial score (nSPS) is 10.4. The van der Waals surface area contributed by atoms with Gasteiger partial charge in [0.2, 0.25) is 0 Å². The highest BCUT2D eigenvalue weighted by atomic mass is 16.3. The molecule has 0 aliphatic rings. The highest BCUT2D eigenvalue weighted by Crippen LogP contribution is 2.15. The second-order valence-electron chi connectivity index (χ2n) is 5.81. The maximum absolute atomic E-state index is 12.2. The summed E-state index contributed by atoms with van der Waals surface area (Å²) in [6.45, 7) is 3.87. The molecule has 0 radical (unpaired) electrons. The van der Waals surface area contributed by atoms with Gasteiger partial charge in [-0.15, -0.1) is 0 Å². The molecule has 3 aromatic rings. The molecule has 0 saturated heterocycles. The summed E-state index contributed by atoms with van der Waals surface area (Å²) < 4.78 is 1.79. The number of para-hydroxylation sites is 1. The number of nitrogens with one attached hydrogen (secondary N) is 2. The van der Waals surface area contributed by atoms with Crippen LogP contribution in [0, 0.1) is 13.8 Å². The van der Waals surface area contributed by atoms with Gasteiger partial charge in [-0.25, -0.2) is 4.68 Å². The lowest BCUT2D eigenvalue weighted by molar-refractivity contribution is 0.0845. The van der Waals surface area contributed by atoms with Crippen LogP contribution in [0.1, 0.15) is 32.1 Å². The van der Waals surface area contributed by atoms with Crippen LogP contribution in [-0.2, 0) is 0 Å². The Hall–Kier alpha value is -3.61. The summed E-state index contributed by atoms with van der Waals surface area (Å²) in [4.78, 5) is 24.2. The van der Waals surface area contributed by atoms with E-state index in [0.717, 1.165) is 17.1 Å². The number of rotatable bonds is 3. The standard InChI is InChI=1S/C19H18N4O3/c1-12-11-13(2)23(22-12)15-9-7-14(8-10-15)18(25)20-21-19(26)16-5-3-4-6-17(16)24/h3-11,24H,1-2H3,(H,20,25)(H,21,26). The maximum Gasteiger partial charge on any atom is 0.273 e. The number of phenols is 1. The second-order valence-corrected chi connectivity index (χ2v) is 5.81. The zero-order chi connectivity index (χ0) is 18.7. The number of carbonyl (C=O) groups is 2. The minimum absolute atomic E-state index is 0.0766. The zero-order valence-electron chi connectivity index (χ0n) is 14.4. The molecule has 3 N–H and O–H groups in total. The van der Waals surface area contributed by atoms with Crippen molar-refractivity contribution in [1.29, 1.82) is 0 Å². The van der Waals surface area contributed by atoms with Crippen LogP contribution in [0.2, 0.25) is 0 Å². The van der Waals surface area contributed by atoms with Crippen LogP contribution in [0.4, 0.5) is 0 Å². The minimum atomic E-state index is -0.601. The molecule has 3 rings (SSSR count). The van der Waals surface area contributed by atoms with Gasteiger partial charge in [-0.3, -0.25) is 20.4 Å². The maximum atomic E-state index is 12.2. The molecule has 2 aromatic carbocycles. The Bertz CT molecular complexity index is 961. The molecule has 0 aliphatic heterocycles. The lowest BCUT2D eigenvalue weighted by Gasteiger charge is -2.09. The number of hydrogen-bond donors (Lipinski definition) is 3. The minimum Gasteiger partial charge on any atom is -0.507 e. The van der Waals surface area contributed by atoms with Crippen molar-refractivity contribution in [3.05, 3.63) is 77.1 Å². The van der Waals surface area contributed by atoms with E-state index < -0.39 is 11.8 Å². The lowest BCUT2D eigenvalue weighted by Crippen LogP contribution is -2.41. The third-order valence-electron chi connectivity index (χ3n) is 3.82. The van der Waals surface area contributed by atoms with E-state index >= 15 is 0 Å². The van der Waals surface area contributed by atoms with E-state index in [1.165, 1.54) is 12.1 Å². The highest BCUT2D eigenvalue weighted by Gasteiger charge is 2.12. The summed E-state index contributed by atoms with van der Waals surface area (Å²) in [5, 5.41) is 14.0. The molecule has 1 aromatic heterocycles. The first-order valence-electron chi connectivity index (χ1n) is 7.98. The number of phenolic OH excluding ortho intramolecular Hbond substituents is 1. The Morgan fingerprint density at radius 1 is 0.962 bits per heavy atom. The number of hydrazine groups is 1. The molecular formula is C19H18N4O3. The van der Waals surface area contributed by atoms with Crippen LogP contribution in [0.3, 0.4) is 0 Å². The Balaban J connectivity index is 1.66. The number of benzene rings is 2. The predicted octanol–water partition coefficient (Wildman–Crippen LogP) is 2.27. The van der Waals surface area contributed by atoms with Gasteiger partial charge < -0.3 is 5.11 Å². The Morgan fingerprint density at radius 3 is 2.23 bits per heavy atom. The number of hydrogen-bond acceptors (Lipinski definition) is 4. The van der Waals surface area contributed by atoms with Gasteiger partial charge in [0.1, 0.15) is 5.75 Å². The number of nitrogens with zero attached hydrogens (tertiary/aromatic N) is 2.